The van der Waals surface area contributed by atoms with Crippen LogP contribution in [-0.2, 0) is 4.74 Å². The fourth-order valence-corrected chi connectivity index (χ4v) is 1.93. The number of nitrogens with one attached hydrogen (secondary N) is 1. The Labute approximate surface area is 79.5 Å². The van der Waals surface area contributed by atoms with Crippen molar-refractivity contribution in [1.29, 1.82) is 0 Å². The molecule has 3 heteroatoms. The summed E-state index contributed by atoms with van der Waals surface area (Å²) in [7, 11) is 0. The second-order valence-electron chi connectivity index (χ2n) is 4.52. The molecule has 2 atom stereocenters. The first-order valence-electron chi connectivity index (χ1n) is 5.25. The van der Waals surface area contributed by atoms with E-state index in [4.69, 9.17) is 4.74 Å². The Balaban J connectivity index is 1.78. The van der Waals surface area contributed by atoms with Gasteiger partial charge in [-0.25, -0.2) is 0 Å². The first kappa shape index (κ1) is 9.44. The maximum atomic E-state index is 10.2. The van der Waals surface area contributed by atoms with E-state index >= 15 is 0 Å². The molecule has 3 nitrogen and oxygen atoms in total. The Morgan fingerprint density at radius 3 is 2.92 bits per heavy atom. The lowest BCUT2D eigenvalue weighted by Crippen LogP contribution is -2.47. The van der Waals surface area contributed by atoms with Gasteiger partial charge < -0.3 is 15.2 Å². The van der Waals surface area contributed by atoms with Crippen molar-refractivity contribution < 1.29 is 9.84 Å². The van der Waals surface area contributed by atoms with Gasteiger partial charge in [-0.05, 0) is 19.8 Å². The minimum absolute atomic E-state index is 0.208. The van der Waals surface area contributed by atoms with Crippen LogP contribution >= 0.6 is 0 Å². The highest BCUT2D eigenvalue weighted by molar-refractivity contribution is 4.90. The predicted molar refractivity (Wildman–Crippen MR) is 50.6 cm³/mol. The molecule has 2 rings (SSSR count). The molecule has 0 aromatic rings. The van der Waals surface area contributed by atoms with E-state index in [-0.39, 0.29) is 6.10 Å². The predicted octanol–water partition coefficient (Wildman–Crippen LogP) is 0.668. The molecule has 1 aliphatic carbocycles. The lowest BCUT2D eigenvalue weighted by molar-refractivity contribution is -0.0951. The van der Waals surface area contributed by atoms with E-state index in [1.807, 2.05) is 6.92 Å². The molecular weight excluding hydrogens is 166 g/mol. The topological polar surface area (TPSA) is 41.5 Å². The van der Waals surface area contributed by atoms with E-state index in [1.54, 1.807) is 0 Å². The molecule has 1 saturated carbocycles. The summed E-state index contributed by atoms with van der Waals surface area (Å²) in [5.74, 6) is 0. The van der Waals surface area contributed by atoms with E-state index < -0.39 is 5.60 Å². The quantitative estimate of drug-likeness (QED) is 0.679. The molecule has 76 valence electrons. The third-order valence-electron chi connectivity index (χ3n) is 2.93. The average molecular weight is 185 g/mol. The molecule has 1 saturated heterocycles. The molecule has 2 aliphatic rings. The van der Waals surface area contributed by atoms with Gasteiger partial charge in [-0.3, -0.25) is 0 Å². The number of aliphatic hydroxyl groups is 1. The summed E-state index contributed by atoms with van der Waals surface area (Å²) in [5, 5.41) is 13.6. The molecule has 0 aromatic carbocycles. The summed E-state index contributed by atoms with van der Waals surface area (Å²) in [4.78, 5) is 0. The first-order chi connectivity index (χ1) is 6.18. The van der Waals surface area contributed by atoms with Crippen LogP contribution in [0.2, 0.25) is 0 Å². The molecule has 0 bridgehead atoms. The summed E-state index contributed by atoms with van der Waals surface area (Å²) in [5.41, 5.74) is -0.514. The Morgan fingerprint density at radius 1 is 1.54 bits per heavy atom. The van der Waals surface area contributed by atoms with Gasteiger partial charge in [0.25, 0.3) is 0 Å². The van der Waals surface area contributed by atoms with Gasteiger partial charge >= 0.3 is 0 Å². The molecule has 0 amide bonds. The Morgan fingerprint density at radius 2 is 2.31 bits per heavy atom. The third-order valence-corrected chi connectivity index (χ3v) is 2.93. The van der Waals surface area contributed by atoms with Crippen molar-refractivity contribution in [2.75, 3.05) is 13.2 Å². The van der Waals surface area contributed by atoms with E-state index in [9.17, 15) is 5.11 Å². The third kappa shape index (κ3) is 2.66. The van der Waals surface area contributed by atoms with Crippen molar-refractivity contribution in [2.45, 2.75) is 50.4 Å². The molecular formula is C10H19NO2. The second-order valence-corrected chi connectivity index (χ2v) is 4.52. The van der Waals surface area contributed by atoms with Gasteiger partial charge in [0.05, 0.1) is 11.7 Å². The van der Waals surface area contributed by atoms with Crippen LogP contribution in [0.5, 0.6) is 0 Å². The lowest BCUT2D eigenvalue weighted by atomic mass is 9.91. The SMILES string of the molecule is CC1CC(O)(CNC2CC2)CCO1. The molecule has 1 heterocycles. The highest BCUT2D eigenvalue weighted by Crippen LogP contribution is 2.26. The van der Waals surface area contributed by atoms with Crippen LogP contribution in [0.4, 0.5) is 0 Å². The smallest absolute Gasteiger partial charge is 0.0818 e. The summed E-state index contributed by atoms with van der Waals surface area (Å²) < 4.78 is 5.41. The zero-order valence-electron chi connectivity index (χ0n) is 8.25. The standard InChI is InChI=1S/C10H19NO2/c1-8-6-10(12,4-5-13-8)7-11-9-2-3-9/h8-9,11-12H,2-7H2,1H3. The summed E-state index contributed by atoms with van der Waals surface area (Å²) in [6.45, 7) is 3.47. The lowest BCUT2D eigenvalue weighted by Gasteiger charge is -2.35. The zero-order valence-corrected chi connectivity index (χ0v) is 8.25. The van der Waals surface area contributed by atoms with Gasteiger partial charge in [-0.15, -0.1) is 0 Å². The molecule has 13 heavy (non-hydrogen) atoms. The van der Waals surface area contributed by atoms with Gasteiger partial charge in [0.15, 0.2) is 0 Å². The highest BCUT2D eigenvalue weighted by Gasteiger charge is 2.34. The normalized spacial score (nSPS) is 40.6. The Bertz CT molecular complexity index is 182. The molecule has 0 spiro atoms. The number of rotatable bonds is 3. The molecule has 2 N–H and O–H groups in total. The summed E-state index contributed by atoms with van der Waals surface area (Å²) in [6.07, 6.45) is 4.31. The van der Waals surface area contributed by atoms with E-state index in [1.165, 1.54) is 12.8 Å². The molecule has 2 unspecified atom stereocenters. The van der Waals surface area contributed by atoms with E-state index in [2.05, 4.69) is 5.32 Å². The largest absolute Gasteiger partial charge is 0.388 e. The van der Waals surface area contributed by atoms with Crippen LogP contribution in [0.1, 0.15) is 32.6 Å². The Hall–Kier alpha value is -0.120. The number of hydrogen-bond acceptors (Lipinski definition) is 3. The molecule has 1 aliphatic heterocycles. The molecule has 0 aromatic heterocycles. The average Bonchev–Trinajstić information content (AvgIpc) is 2.83. The minimum Gasteiger partial charge on any atom is -0.388 e. The Kier molecular flexibility index (Phi) is 2.58. The fraction of sp³-hybridized carbons (Fsp3) is 1.00. The van der Waals surface area contributed by atoms with Crippen LogP contribution in [0.3, 0.4) is 0 Å². The van der Waals surface area contributed by atoms with Crippen molar-refractivity contribution in [3.05, 3.63) is 0 Å². The summed E-state index contributed by atoms with van der Waals surface area (Å²) >= 11 is 0. The van der Waals surface area contributed by atoms with Crippen LogP contribution in [0, 0.1) is 0 Å². The van der Waals surface area contributed by atoms with Crippen molar-refractivity contribution >= 4 is 0 Å². The van der Waals surface area contributed by atoms with Crippen LogP contribution < -0.4 is 5.32 Å². The van der Waals surface area contributed by atoms with Crippen LogP contribution in [0.15, 0.2) is 0 Å². The van der Waals surface area contributed by atoms with Crippen LogP contribution in [-0.4, -0.2) is 36.0 Å². The van der Waals surface area contributed by atoms with Gasteiger partial charge in [-0.1, -0.05) is 0 Å². The maximum absolute atomic E-state index is 10.2. The van der Waals surface area contributed by atoms with E-state index in [0.29, 0.717) is 12.6 Å². The van der Waals surface area contributed by atoms with Gasteiger partial charge in [-0.2, -0.15) is 0 Å². The van der Waals surface area contributed by atoms with Crippen LogP contribution in [0.25, 0.3) is 0 Å². The van der Waals surface area contributed by atoms with Crippen molar-refractivity contribution in [2.24, 2.45) is 0 Å². The minimum atomic E-state index is -0.514. The van der Waals surface area contributed by atoms with Crippen molar-refractivity contribution in [1.82, 2.24) is 5.32 Å². The maximum Gasteiger partial charge on any atom is 0.0818 e. The zero-order chi connectivity index (χ0) is 9.31. The number of hydrogen-bond donors (Lipinski definition) is 2. The fourth-order valence-electron chi connectivity index (χ4n) is 1.93. The van der Waals surface area contributed by atoms with Crippen molar-refractivity contribution in [3.63, 3.8) is 0 Å². The molecule has 2 fully saturated rings. The van der Waals surface area contributed by atoms with Gasteiger partial charge in [0.2, 0.25) is 0 Å². The first-order valence-corrected chi connectivity index (χ1v) is 5.25. The monoisotopic (exact) mass is 185 g/mol. The van der Waals surface area contributed by atoms with Gasteiger partial charge in [0, 0.05) is 32.0 Å². The van der Waals surface area contributed by atoms with E-state index in [0.717, 1.165) is 19.4 Å². The summed E-state index contributed by atoms with van der Waals surface area (Å²) in [6, 6.07) is 0.683. The molecule has 0 radical (unpaired) electrons. The number of ether oxygens (including phenoxy) is 1. The van der Waals surface area contributed by atoms with Crippen molar-refractivity contribution in [3.8, 4) is 0 Å². The highest BCUT2D eigenvalue weighted by atomic mass is 16.5. The van der Waals surface area contributed by atoms with Gasteiger partial charge in [0.1, 0.15) is 0 Å². The second kappa shape index (κ2) is 3.56.